The third-order valence-electron chi connectivity index (χ3n) is 6.79. The molecule has 2 aliphatic heterocycles. The summed E-state index contributed by atoms with van der Waals surface area (Å²) in [6.45, 7) is 7.38. The van der Waals surface area contributed by atoms with Crippen molar-refractivity contribution >= 4 is 33.9 Å². The van der Waals surface area contributed by atoms with E-state index in [4.69, 9.17) is 14.3 Å². The van der Waals surface area contributed by atoms with Crippen molar-refractivity contribution in [1.82, 2.24) is 14.7 Å². The van der Waals surface area contributed by atoms with Crippen molar-refractivity contribution in [2.24, 2.45) is 16.5 Å². The van der Waals surface area contributed by atoms with Crippen molar-refractivity contribution in [1.29, 1.82) is 0 Å². The molecule has 0 saturated carbocycles. The molecule has 1 aromatic heterocycles. The number of carbonyl (C=O) groups excluding carboxylic acids is 2. The standard InChI is InChI=1S/C27H34N4O6/c1-27(2,3)26(34)30-12-10-17(11-13-30)22-14-18(37-29-22)15-31-24(32)20-9-7-6-8-19(20)23(28-31)21(16-35-4)25(33)36-5/h6-9,16-18H,10-15H2,1-5H3/b21-16-. The zero-order valence-electron chi connectivity index (χ0n) is 22.0. The summed E-state index contributed by atoms with van der Waals surface area (Å²) in [5, 5.41) is 9.81. The average Bonchev–Trinajstić information content (AvgIpc) is 3.36. The van der Waals surface area contributed by atoms with E-state index in [0.29, 0.717) is 36.0 Å². The van der Waals surface area contributed by atoms with E-state index >= 15 is 0 Å². The lowest BCUT2D eigenvalue weighted by molar-refractivity contribution is -0.140. The van der Waals surface area contributed by atoms with E-state index in [1.807, 2.05) is 25.7 Å². The second-order valence-corrected chi connectivity index (χ2v) is 10.5. The van der Waals surface area contributed by atoms with Gasteiger partial charge in [-0.25, -0.2) is 9.48 Å². The molecule has 1 aromatic carbocycles. The molecule has 1 fully saturated rings. The Morgan fingerprint density at radius 1 is 1.14 bits per heavy atom. The van der Waals surface area contributed by atoms with Crippen LogP contribution >= 0.6 is 0 Å². The molecule has 10 nitrogen and oxygen atoms in total. The summed E-state index contributed by atoms with van der Waals surface area (Å²) in [6.07, 6.45) is 3.14. The molecular formula is C27H34N4O6. The number of likely N-dealkylation sites (tertiary alicyclic amines) is 1. The third kappa shape index (κ3) is 5.52. The van der Waals surface area contributed by atoms with Crippen molar-refractivity contribution in [3.63, 3.8) is 0 Å². The molecule has 1 unspecified atom stereocenters. The average molecular weight is 511 g/mol. The lowest BCUT2D eigenvalue weighted by atomic mass is 9.87. The number of piperidine rings is 1. The number of aromatic nitrogens is 2. The minimum absolute atomic E-state index is 0.107. The van der Waals surface area contributed by atoms with Crippen LogP contribution < -0.4 is 5.56 Å². The topological polar surface area (TPSA) is 112 Å². The fourth-order valence-corrected chi connectivity index (χ4v) is 4.86. The number of hydrogen-bond donors (Lipinski definition) is 0. The number of hydrogen-bond acceptors (Lipinski definition) is 8. The van der Waals surface area contributed by atoms with Gasteiger partial charge in [0.15, 0.2) is 6.10 Å². The summed E-state index contributed by atoms with van der Waals surface area (Å²) in [5.74, 6) is -0.218. The summed E-state index contributed by atoms with van der Waals surface area (Å²) in [4.78, 5) is 46.0. The Morgan fingerprint density at radius 3 is 2.43 bits per heavy atom. The van der Waals surface area contributed by atoms with Gasteiger partial charge in [0.2, 0.25) is 5.91 Å². The molecule has 0 spiro atoms. The van der Waals surface area contributed by atoms with Gasteiger partial charge in [-0.3, -0.25) is 9.59 Å². The molecule has 1 saturated heterocycles. The number of rotatable bonds is 6. The smallest absolute Gasteiger partial charge is 0.343 e. The van der Waals surface area contributed by atoms with Crippen LogP contribution in [0.2, 0.25) is 0 Å². The number of nitrogens with zero attached hydrogens (tertiary/aromatic N) is 4. The second kappa shape index (κ2) is 10.7. The van der Waals surface area contributed by atoms with Crippen LogP contribution in [0.15, 0.2) is 40.5 Å². The molecule has 2 aromatic rings. The van der Waals surface area contributed by atoms with E-state index in [9.17, 15) is 14.4 Å². The van der Waals surface area contributed by atoms with Crippen LogP contribution in [0, 0.1) is 11.3 Å². The lowest BCUT2D eigenvalue weighted by Gasteiger charge is -2.35. The van der Waals surface area contributed by atoms with Gasteiger partial charge in [0.05, 0.1) is 38.1 Å². The molecule has 0 radical (unpaired) electrons. The number of esters is 1. The van der Waals surface area contributed by atoms with Gasteiger partial charge < -0.3 is 19.2 Å². The highest BCUT2D eigenvalue weighted by Crippen LogP contribution is 2.28. The highest BCUT2D eigenvalue weighted by molar-refractivity contribution is 6.18. The van der Waals surface area contributed by atoms with E-state index in [0.717, 1.165) is 18.6 Å². The zero-order chi connectivity index (χ0) is 26.7. The number of carbonyl (C=O) groups is 2. The van der Waals surface area contributed by atoms with E-state index in [2.05, 4.69) is 10.3 Å². The van der Waals surface area contributed by atoms with Gasteiger partial charge in [0.1, 0.15) is 11.3 Å². The molecule has 0 N–H and O–H groups in total. The molecule has 37 heavy (non-hydrogen) atoms. The second-order valence-electron chi connectivity index (χ2n) is 10.5. The minimum Gasteiger partial charge on any atom is -0.503 e. The molecule has 1 atom stereocenters. The fraction of sp³-hybridized carbons (Fsp3) is 0.519. The fourth-order valence-electron chi connectivity index (χ4n) is 4.86. The van der Waals surface area contributed by atoms with Crippen LogP contribution in [0.3, 0.4) is 0 Å². The van der Waals surface area contributed by atoms with Crippen molar-refractivity contribution in [2.45, 2.75) is 52.7 Å². The molecule has 198 valence electrons. The quantitative estimate of drug-likeness (QED) is 0.334. The van der Waals surface area contributed by atoms with Crippen LogP contribution in [-0.4, -0.2) is 65.7 Å². The molecule has 2 aliphatic rings. The predicted octanol–water partition coefficient (Wildman–Crippen LogP) is 2.99. The Hall–Kier alpha value is -3.69. The van der Waals surface area contributed by atoms with Crippen molar-refractivity contribution in [2.75, 3.05) is 27.3 Å². The van der Waals surface area contributed by atoms with Gasteiger partial charge in [-0.1, -0.05) is 44.1 Å². The predicted molar refractivity (Wildman–Crippen MR) is 139 cm³/mol. The van der Waals surface area contributed by atoms with E-state index in [1.165, 1.54) is 25.2 Å². The van der Waals surface area contributed by atoms with Gasteiger partial charge in [-0.2, -0.15) is 5.10 Å². The molecule has 4 rings (SSSR count). The molecular weight excluding hydrogens is 476 g/mol. The SMILES string of the molecule is CO/C=C(\C(=O)OC)c1nn(CC2CC(C3CCN(C(=O)C(C)(C)C)CC3)=NO2)c(=O)c2ccccc12. The Morgan fingerprint density at radius 2 is 1.81 bits per heavy atom. The highest BCUT2D eigenvalue weighted by atomic mass is 16.6. The Balaban J connectivity index is 1.51. The van der Waals surface area contributed by atoms with E-state index in [1.54, 1.807) is 24.3 Å². The molecule has 3 heterocycles. The van der Waals surface area contributed by atoms with Crippen molar-refractivity contribution < 1.29 is 23.9 Å². The van der Waals surface area contributed by atoms with Crippen LogP contribution in [0.1, 0.15) is 45.7 Å². The number of benzene rings is 1. The Kier molecular flexibility index (Phi) is 7.65. The maximum absolute atomic E-state index is 13.3. The van der Waals surface area contributed by atoms with Crippen LogP contribution in [0.5, 0.6) is 0 Å². The van der Waals surface area contributed by atoms with Gasteiger partial charge >= 0.3 is 5.97 Å². The maximum atomic E-state index is 13.3. The van der Waals surface area contributed by atoms with Crippen molar-refractivity contribution in [3.05, 3.63) is 46.6 Å². The normalized spacial score (nSPS) is 18.9. The number of fused-ring (bicyclic) bond motifs is 1. The van der Waals surface area contributed by atoms with E-state index < -0.39 is 11.4 Å². The zero-order valence-corrected chi connectivity index (χ0v) is 22.0. The maximum Gasteiger partial charge on any atom is 0.343 e. The summed E-state index contributed by atoms with van der Waals surface area (Å²) >= 11 is 0. The van der Waals surface area contributed by atoms with Gasteiger partial charge in [-0.05, 0) is 18.9 Å². The first-order chi connectivity index (χ1) is 17.6. The summed E-state index contributed by atoms with van der Waals surface area (Å²) in [5.41, 5.74) is 0.676. The first-order valence-electron chi connectivity index (χ1n) is 12.5. The number of methoxy groups -OCH3 is 2. The van der Waals surface area contributed by atoms with Gasteiger partial charge in [0, 0.05) is 36.2 Å². The van der Waals surface area contributed by atoms with Crippen LogP contribution in [0.4, 0.5) is 0 Å². The Bertz CT molecular complexity index is 1300. The molecule has 10 heteroatoms. The van der Waals surface area contributed by atoms with Crippen LogP contribution in [0.25, 0.3) is 16.3 Å². The van der Waals surface area contributed by atoms with Crippen molar-refractivity contribution in [3.8, 4) is 0 Å². The monoisotopic (exact) mass is 510 g/mol. The number of oxime groups is 1. The first kappa shape index (κ1) is 26.4. The van der Waals surface area contributed by atoms with Crippen LogP contribution in [-0.2, 0) is 30.4 Å². The summed E-state index contributed by atoms with van der Waals surface area (Å²) in [7, 11) is 2.70. The minimum atomic E-state index is -0.622. The Labute approximate surface area is 215 Å². The third-order valence-corrected chi connectivity index (χ3v) is 6.79. The largest absolute Gasteiger partial charge is 0.503 e. The van der Waals surface area contributed by atoms with Gasteiger partial charge in [0.25, 0.3) is 5.56 Å². The number of ether oxygens (including phenoxy) is 2. The van der Waals surface area contributed by atoms with E-state index in [-0.39, 0.29) is 35.6 Å². The number of amides is 1. The van der Waals surface area contributed by atoms with Gasteiger partial charge in [-0.15, -0.1) is 0 Å². The molecule has 0 bridgehead atoms. The summed E-state index contributed by atoms with van der Waals surface area (Å²) < 4.78 is 11.3. The first-order valence-corrected chi connectivity index (χ1v) is 12.5. The highest BCUT2D eigenvalue weighted by Gasteiger charge is 2.34. The molecule has 1 amide bonds. The molecule has 0 aliphatic carbocycles. The summed E-state index contributed by atoms with van der Waals surface area (Å²) in [6, 6.07) is 6.98. The lowest BCUT2D eigenvalue weighted by Crippen LogP contribution is -2.45.